The van der Waals surface area contributed by atoms with Gasteiger partial charge in [-0.15, -0.1) is 0 Å². The van der Waals surface area contributed by atoms with Crippen LogP contribution >= 0.6 is 0 Å². The molecule has 1 aliphatic rings. The zero-order chi connectivity index (χ0) is 10.3. The quantitative estimate of drug-likeness (QED) is 0.763. The van der Waals surface area contributed by atoms with Crippen LogP contribution in [0.2, 0.25) is 0 Å². The van der Waals surface area contributed by atoms with E-state index in [1.807, 2.05) is 32.0 Å². The molecular formula is C10H13N5. The van der Waals surface area contributed by atoms with Gasteiger partial charge in [0.2, 0.25) is 0 Å². The van der Waals surface area contributed by atoms with Crippen LogP contribution in [0.4, 0.5) is 0 Å². The highest BCUT2D eigenvalue weighted by atomic mass is 15.3. The van der Waals surface area contributed by atoms with Crippen molar-refractivity contribution in [2.75, 3.05) is 13.1 Å². The molecule has 0 atom stereocenters. The smallest absolute Gasteiger partial charge is 0.0995 e. The molecule has 0 saturated carbocycles. The van der Waals surface area contributed by atoms with E-state index in [2.05, 4.69) is 20.0 Å². The zero-order valence-electron chi connectivity index (χ0n) is 8.59. The molecule has 1 N–H and O–H groups in total. The Kier molecular flexibility index (Phi) is 1.85. The second-order valence-electron chi connectivity index (χ2n) is 3.92. The van der Waals surface area contributed by atoms with E-state index in [0.29, 0.717) is 5.92 Å². The second-order valence-corrected chi connectivity index (χ2v) is 3.92. The molecule has 0 amide bonds. The van der Waals surface area contributed by atoms with Crippen LogP contribution in [0.25, 0.3) is 5.69 Å². The van der Waals surface area contributed by atoms with Gasteiger partial charge < -0.3 is 5.32 Å². The summed E-state index contributed by atoms with van der Waals surface area (Å²) in [4.78, 5) is 4.21. The highest BCUT2D eigenvalue weighted by molar-refractivity contribution is 5.30. The molecule has 0 aliphatic carbocycles. The standard InChI is InChI=1S/C10H13N5/c1-14-6-9(4-13-14)15-7-12-5-10(15)8-2-11-3-8/h4-8,11H,2-3H2,1H3. The van der Waals surface area contributed by atoms with Crippen LogP contribution in [-0.4, -0.2) is 32.4 Å². The fraction of sp³-hybridized carbons (Fsp3) is 0.400. The van der Waals surface area contributed by atoms with Gasteiger partial charge in [0.25, 0.3) is 0 Å². The van der Waals surface area contributed by atoms with Crippen LogP contribution in [0, 0.1) is 0 Å². The van der Waals surface area contributed by atoms with Gasteiger partial charge in [-0.1, -0.05) is 0 Å². The molecule has 0 bridgehead atoms. The monoisotopic (exact) mass is 203 g/mol. The molecule has 1 aliphatic heterocycles. The molecule has 1 saturated heterocycles. The summed E-state index contributed by atoms with van der Waals surface area (Å²) in [5.41, 5.74) is 2.35. The summed E-state index contributed by atoms with van der Waals surface area (Å²) in [5.74, 6) is 0.590. The summed E-state index contributed by atoms with van der Waals surface area (Å²) >= 11 is 0. The van der Waals surface area contributed by atoms with Gasteiger partial charge in [0.1, 0.15) is 0 Å². The molecule has 78 valence electrons. The Morgan fingerprint density at radius 2 is 2.27 bits per heavy atom. The maximum absolute atomic E-state index is 4.21. The molecule has 5 heteroatoms. The number of imidazole rings is 1. The van der Waals surface area contributed by atoms with Gasteiger partial charge in [-0.2, -0.15) is 5.10 Å². The van der Waals surface area contributed by atoms with Crippen LogP contribution in [0.3, 0.4) is 0 Å². The van der Waals surface area contributed by atoms with Gasteiger partial charge in [-0.05, 0) is 0 Å². The number of nitrogens with zero attached hydrogens (tertiary/aromatic N) is 4. The van der Waals surface area contributed by atoms with Gasteiger partial charge in [0.05, 0.1) is 18.2 Å². The molecule has 0 unspecified atom stereocenters. The normalized spacial score (nSPS) is 16.6. The summed E-state index contributed by atoms with van der Waals surface area (Å²) in [6, 6.07) is 0. The lowest BCUT2D eigenvalue weighted by atomic mass is 10.00. The van der Waals surface area contributed by atoms with Gasteiger partial charge in [-0.3, -0.25) is 9.25 Å². The molecule has 3 rings (SSSR count). The molecule has 0 spiro atoms. The van der Waals surface area contributed by atoms with Crippen molar-refractivity contribution < 1.29 is 0 Å². The summed E-state index contributed by atoms with van der Waals surface area (Å²) in [5, 5.41) is 7.44. The third-order valence-electron chi connectivity index (χ3n) is 2.84. The molecule has 3 heterocycles. The van der Waals surface area contributed by atoms with Gasteiger partial charge in [-0.25, -0.2) is 4.98 Å². The highest BCUT2D eigenvalue weighted by Gasteiger charge is 2.22. The lowest BCUT2D eigenvalue weighted by Gasteiger charge is -2.27. The minimum atomic E-state index is 0.590. The highest BCUT2D eigenvalue weighted by Crippen LogP contribution is 2.22. The largest absolute Gasteiger partial charge is 0.315 e. The summed E-state index contributed by atoms with van der Waals surface area (Å²) < 4.78 is 3.91. The van der Waals surface area contributed by atoms with Crippen LogP contribution in [0.15, 0.2) is 24.9 Å². The first-order valence-electron chi connectivity index (χ1n) is 5.06. The minimum Gasteiger partial charge on any atom is -0.315 e. The first-order valence-corrected chi connectivity index (χ1v) is 5.06. The number of hydrogen-bond donors (Lipinski definition) is 1. The first-order chi connectivity index (χ1) is 7.34. The van der Waals surface area contributed by atoms with E-state index in [9.17, 15) is 0 Å². The lowest BCUT2D eigenvalue weighted by Crippen LogP contribution is -2.40. The van der Waals surface area contributed by atoms with E-state index in [4.69, 9.17) is 0 Å². The molecule has 0 aromatic carbocycles. The maximum Gasteiger partial charge on any atom is 0.0995 e. The Hall–Kier alpha value is -1.62. The topological polar surface area (TPSA) is 47.7 Å². The van der Waals surface area contributed by atoms with Crippen molar-refractivity contribution in [2.45, 2.75) is 5.92 Å². The van der Waals surface area contributed by atoms with E-state index >= 15 is 0 Å². The van der Waals surface area contributed by atoms with Crippen molar-refractivity contribution in [2.24, 2.45) is 7.05 Å². The Morgan fingerprint density at radius 1 is 1.40 bits per heavy atom. The molecular weight excluding hydrogens is 190 g/mol. The van der Waals surface area contributed by atoms with Crippen molar-refractivity contribution >= 4 is 0 Å². The van der Waals surface area contributed by atoms with Gasteiger partial charge in [0.15, 0.2) is 0 Å². The Balaban J connectivity index is 2.00. The van der Waals surface area contributed by atoms with E-state index < -0.39 is 0 Å². The van der Waals surface area contributed by atoms with E-state index in [1.54, 1.807) is 4.68 Å². The average molecular weight is 203 g/mol. The Bertz CT molecular complexity index is 466. The van der Waals surface area contributed by atoms with E-state index in [0.717, 1.165) is 18.8 Å². The van der Waals surface area contributed by atoms with Crippen molar-refractivity contribution in [1.29, 1.82) is 0 Å². The molecule has 2 aromatic heterocycles. The number of rotatable bonds is 2. The molecule has 5 nitrogen and oxygen atoms in total. The fourth-order valence-corrected chi connectivity index (χ4v) is 1.85. The van der Waals surface area contributed by atoms with E-state index in [-0.39, 0.29) is 0 Å². The fourth-order valence-electron chi connectivity index (χ4n) is 1.85. The maximum atomic E-state index is 4.21. The van der Waals surface area contributed by atoms with Crippen molar-refractivity contribution in [3.05, 3.63) is 30.6 Å². The molecule has 1 fully saturated rings. The number of hydrogen-bond acceptors (Lipinski definition) is 3. The SMILES string of the molecule is Cn1cc(-n2cncc2C2CNC2)cn1. The second kappa shape index (κ2) is 3.20. The zero-order valence-corrected chi connectivity index (χ0v) is 8.59. The predicted molar refractivity (Wildman–Crippen MR) is 55.9 cm³/mol. The van der Waals surface area contributed by atoms with Crippen LogP contribution in [-0.2, 0) is 7.05 Å². The number of aromatic nitrogens is 4. The lowest BCUT2D eigenvalue weighted by molar-refractivity contribution is 0.435. The van der Waals surface area contributed by atoms with Gasteiger partial charge in [0, 0.05) is 44.1 Å². The molecule has 15 heavy (non-hydrogen) atoms. The van der Waals surface area contributed by atoms with Crippen molar-refractivity contribution in [1.82, 2.24) is 24.6 Å². The Labute approximate surface area is 87.7 Å². The van der Waals surface area contributed by atoms with Crippen molar-refractivity contribution in [3.63, 3.8) is 0 Å². The van der Waals surface area contributed by atoms with E-state index in [1.165, 1.54) is 5.69 Å². The van der Waals surface area contributed by atoms with Crippen LogP contribution < -0.4 is 5.32 Å². The number of aryl methyl sites for hydroxylation is 1. The Morgan fingerprint density at radius 3 is 2.87 bits per heavy atom. The van der Waals surface area contributed by atoms with Crippen LogP contribution in [0.5, 0.6) is 0 Å². The van der Waals surface area contributed by atoms with Gasteiger partial charge >= 0.3 is 0 Å². The number of nitrogens with one attached hydrogen (secondary N) is 1. The third kappa shape index (κ3) is 1.35. The summed E-state index contributed by atoms with van der Waals surface area (Å²) in [6.07, 6.45) is 7.65. The molecule has 0 radical (unpaired) electrons. The van der Waals surface area contributed by atoms with Crippen LogP contribution in [0.1, 0.15) is 11.6 Å². The summed E-state index contributed by atoms with van der Waals surface area (Å²) in [7, 11) is 1.92. The average Bonchev–Trinajstić information content (AvgIpc) is 2.70. The summed E-state index contributed by atoms with van der Waals surface area (Å²) in [6.45, 7) is 2.10. The minimum absolute atomic E-state index is 0.590. The van der Waals surface area contributed by atoms with Crippen molar-refractivity contribution in [3.8, 4) is 5.69 Å². The molecule has 2 aromatic rings. The third-order valence-corrected chi connectivity index (χ3v) is 2.84. The first kappa shape index (κ1) is 8.67. The predicted octanol–water partition coefficient (Wildman–Crippen LogP) is 0.293.